The van der Waals surface area contributed by atoms with Crippen LogP contribution < -0.4 is 4.90 Å². The molecule has 0 unspecified atom stereocenters. The molecule has 0 radical (unpaired) electrons. The van der Waals surface area contributed by atoms with Gasteiger partial charge in [-0.3, -0.25) is 0 Å². The SMILES string of the molecule is CCOCCN(CC)c1cc(Br)ccc1C(=O)O. The molecule has 1 aromatic carbocycles. The highest BCUT2D eigenvalue weighted by Crippen LogP contribution is 2.25. The molecule has 0 saturated carbocycles. The molecule has 0 aromatic heterocycles. The van der Waals surface area contributed by atoms with Crippen LogP contribution in [0.5, 0.6) is 0 Å². The summed E-state index contributed by atoms with van der Waals surface area (Å²) in [5.74, 6) is -0.910. The minimum atomic E-state index is -0.910. The fraction of sp³-hybridized carbons (Fsp3) is 0.462. The first-order valence-corrected chi connectivity index (χ1v) is 6.75. The van der Waals surface area contributed by atoms with Crippen LogP contribution in [0.4, 0.5) is 5.69 Å². The summed E-state index contributed by atoms with van der Waals surface area (Å²) in [7, 11) is 0. The van der Waals surface area contributed by atoms with Crippen molar-refractivity contribution < 1.29 is 14.6 Å². The molecule has 0 bridgehead atoms. The first kappa shape index (κ1) is 15.0. The number of hydrogen-bond donors (Lipinski definition) is 1. The van der Waals surface area contributed by atoms with Gasteiger partial charge in [0.1, 0.15) is 0 Å². The number of rotatable bonds is 7. The van der Waals surface area contributed by atoms with Gasteiger partial charge in [0.05, 0.1) is 17.9 Å². The van der Waals surface area contributed by atoms with Crippen LogP contribution in [0.2, 0.25) is 0 Å². The highest BCUT2D eigenvalue weighted by molar-refractivity contribution is 9.10. The third-order valence-corrected chi connectivity index (χ3v) is 3.12. The second kappa shape index (κ2) is 7.38. The van der Waals surface area contributed by atoms with Gasteiger partial charge in [-0.05, 0) is 32.0 Å². The Morgan fingerprint density at radius 3 is 2.72 bits per heavy atom. The van der Waals surface area contributed by atoms with Crippen LogP contribution in [0.3, 0.4) is 0 Å². The van der Waals surface area contributed by atoms with Gasteiger partial charge in [-0.25, -0.2) is 4.79 Å². The summed E-state index contributed by atoms with van der Waals surface area (Å²) >= 11 is 3.37. The van der Waals surface area contributed by atoms with E-state index in [0.29, 0.717) is 25.3 Å². The normalized spacial score (nSPS) is 10.4. The van der Waals surface area contributed by atoms with Gasteiger partial charge in [-0.1, -0.05) is 15.9 Å². The lowest BCUT2D eigenvalue weighted by atomic mass is 10.1. The predicted octanol–water partition coefficient (Wildman–Crippen LogP) is 3.01. The quantitative estimate of drug-likeness (QED) is 0.786. The van der Waals surface area contributed by atoms with Gasteiger partial charge in [0.25, 0.3) is 0 Å². The molecule has 1 aromatic rings. The largest absolute Gasteiger partial charge is 0.478 e. The smallest absolute Gasteiger partial charge is 0.337 e. The zero-order valence-corrected chi connectivity index (χ0v) is 12.2. The number of carbonyl (C=O) groups is 1. The van der Waals surface area contributed by atoms with E-state index in [4.69, 9.17) is 4.74 Å². The van der Waals surface area contributed by atoms with Crippen molar-refractivity contribution in [3.8, 4) is 0 Å². The highest BCUT2D eigenvalue weighted by atomic mass is 79.9. The van der Waals surface area contributed by atoms with Crippen LogP contribution >= 0.6 is 15.9 Å². The molecule has 0 aliphatic rings. The van der Waals surface area contributed by atoms with Crippen molar-refractivity contribution in [2.24, 2.45) is 0 Å². The van der Waals surface area contributed by atoms with Crippen LogP contribution in [0, 0.1) is 0 Å². The number of anilines is 1. The minimum Gasteiger partial charge on any atom is -0.478 e. The van der Waals surface area contributed by atoms with Crippen LogP contribution in [-0.4, -0.2) is 37.4 Å². The maximum Gasteiger partial charge on any atom is 0.337 e. The van der Waals surface area contributed by atoms with Gasteiger partial charge in [0, 0.05) is 24.2 Å². The highest BCUT2D eigenvalue weighted by Gasteiger charge is 2.15. The number of likely N-dealkylation sites (N-methyl/N-ethyl adjacent to an activating group) is 1. The second-order valence-electron chi connectivity index (χ2n) is 3.74. The first-order valence-electron chi connectivity index (χ1n) is 5.95. The maximum atomic E-state index is 11.2. The molecule has 0 fully saturated rings. The Kier molecular flexibility index (Phi) is 6.15. The Morgan fingerprint density at radius 2 is 2.17 bits per heavy atom. The van der Waals surface area contributed by atoms with E-state index >= 15 is 0 Å². The first-order chi connectivity index (χ1) is 8.60. The number of hydrogen-bond acceptors (Lipinski definition) is 3. The summed E-state index contributed by atoms with van der Waals surface area (Å²) in [4.78, 5) is 13.2. The molecule has 4 nitrogen and oxygen atoms in total. The van der Waals surface area contributed by atoms with Crippen molar-refractivity contribution in [1.29, 1.82) is 0 Å². The minimum absolute atomic E-state index is 0.316. The predicted molar refractivity (Wildman–Crippen MR) is 75.5 cm³/mol. The van der Waals surface area contributed by atoms with E-state index in [-0.39, 0.29) is 0 Å². The molecule has 5 heteroatoms. The Labute approximate surface area is 116 Å². The lowest BCUT2D eigenvalue weighted by molar-refractivity contribution is 0.0697. The monoisotopic (exact) mass is 315 g/mol. The van der Waals surface area contributed by atoms with Gasteiger partial charge in [0.15, 0.2) is 0 Å². The molecule has 100 valence electrons. The molecule has 18 heavy (non-hydrogen) atoms. The summed E-state index contributed by atoms with van der Waals surface area (Å²) in [6.07, 6.45) is 0. The fourth-order valence-corrected chi connectivity index (χ4v) is 2.06. The molecule has 0 atom stereocenters. The molecule has 0 spiro atoms. The third kappa shape index (κ3) is 3.99. The van der Waals surface area contributed by atoms with Crippen LogP contribution in [-0.2, 0) is 4.74 Å². The van der Waals surface area contributed by atoms with Gasteiger partial charge < -0.3 is 14.7 Å². The van der Waals surface area contributed by atoms with E-state index in [1.165, 1.54) is 0 Å². The van der Waals surface area contributed by atoms with Crippen molar-refractivity contribution in [3.63, 3.8) is 0 Å². The van der Waals surface area contributed by atoms with E-state index in [1.54, 1.807) is 12.1 Å². The molecule has 1 rings (SSSR count). The number of aromatic carboxylic acids is 1. The van der Waals surface area contributed by atoms with E-state index in [9.17, 15) is 9.90 Å². The zero-order valence-electron chi connectivity index (χ0n) is 10.6. The molecule has 0 aliphatic heterocycles. The fourth-order valence-electron chi connectivity index (χ4n) is 1.72. The molecular weight excluding hydrogens is 298 g/mol. The Hall–Kier alpha value is -1.07. The number of halogens is 1. The lowest BCUT2D eigenvalue weighted by Gasteiger charge is -2.24. The molecule has 0 aliphatic carbocycles. The van der Waals surface area contributed by atoms with Gasteiger partial charge in [-0.15, -0.1) is 0 Å². The van der Waals surface area contributed by atoms with E-state index in [0.717, 1.165) is 16.7 Å². The van der Waals surface area contributed by atoms with Crippen molar-refractivity contribution in [2.45, 2.75) is 13.8 Å². The summed E-state index contributed by atoms with van der Waals surface area (Å²) in [5.41, 5.74) is 1.04. The van der Waals surface area contributed by atoms with Crippen LogP contribution in [0.1, 0.15) is 24.2 Å². The Morgan fingerprint density at radius 1 is 1.44 bits per heavy atom. The van der Waals surface area contributed by atoms with Gasteiger partial charge in [0.2, 0.25) is 0 Å². The lowest BCUT2D eigenvalue weighted by Crippen LogP contribution is -2.28. The second-order valence-corrected chi connectivity index (χ2v) is 4.66. The van der Waals surface area contributed by atoms with Crippen molar-refractivity contribution in [2.75, 3.05) is 31.2 Å². The van der Waals surface area contributed by atoms with Crippen LogP contribution in [0.25, 0.3) is 0 Å². The van der Waals surface area contributed by atoms with E-state index in [2.05, 4.69) is 15.9 Å². The molecule has 0 heterocycles. The number of ether oxygens (including phenoxy) is 1. The maximum absolute atomic E-state index is 11.2. The standard InChI is InChI=1S/C13H18BrNO3/c1-3-15(7-8-18-4-2)12-9-10(14)5-6-11(12)13(16)17/h5-6,9H,3-4,7-8H2,1-2H3,(H,16,17). The Balaban J connectivity index is 2.95. The zero-order chi connectivity index (χ0) is 13.5. The van der Waals surface area contributed by atoms with E-state index < -0.39 is 5.97 Å². The van der Waals surface area contributed by atoms with Gasteiger partial charge in [-0.2, -0.15) is 0 Å². The average Bonchev–Trinajstić information content (AvgIpc) is 2.34. The molecular formula is C13H18BrNO3. The molecule has 0 saturated heterocycles. The number of carboxylic acid groups (broad SMARTS) is 1. The number of carboxylic acids is 1. The third-order valence-electron chi connectivity index (χ3n) is 2.62. The number of benzene rings is 1. The topological polar surface area (TPSA) is 49.8 Å². The molecule has 1 N–H and O–H groups in total. The summed E-state index contributed by atoms with van der Waals surface area (Å²) in [6, 6.07) is 5.19. The average molecular weight is 316 g/mol. The molecule has 0 amide bonds. The Bertz CT molecular complexity index is 409. The summed E-state index contributed by atoms with van der Waals surface area (Å²) in [5, 5.41) is 9.20. The summed E-state index contributed by atoms with van der Waals surface area (Å²) < 4.78 is 6.19. The van der Waals surface area contributed by atoms with Crippen molar-refractivity contribution in [3.05, 3.63) is 28.2 Å². The number of nitrogens with zero attached hydrogens (tertiary/aromatic N) is 1. The summed E-state index contributed by atoms with van der Waals surface area (Å²) in [6.45, 7) is 6.62. The van der Waals surface area contributed by atoms with E-state index in [1.807, 2.05) is 24.8 Å². The van der Waals surface area contributed by atoms with Gasteiger partial charge >= 0.3 is 5.97 Å². The van der Waals surface area contributed by atoms with Crippen molar-refractivity contribution >= 4 is 27.6 Å². The van der Waals surface area contributed by atoms with Crippen LogP contribution in [0.15, 0.2) is 22.7 Å². The van der Waals surface area contributed by atoms with Crippen molar-refractivity contribution in [1.82, 2.24) is 0 Å².